The third-order valence-electron chi connectivity index (χ3n) is 4.10. The van der Waals surface area contributed by atoms with E-state index in [0.717, 1.165) is 45.1 Å². The molecule has 0 spiro atoms. The molecule has 1 unspecified atom stereocenters. The first-order valence-electron chi connectivity index (χ1n) is 11.5. The zero-order chi connectivity index (χ0) is 28.5. The molecule has 0 heterocycles. The first-order chi connectivity index (χ1) is 17.3. The third kappa shape index (κ3) is 38.4. The van der Waals surface area contributed by atoms with Crippen LogP contribution in [0.15, 0.2) is 0 Å². The zero-order valence-corrected chi connectivity index (χ0v) is 22.7. The Kier molecular flexibility index (Phi) is 38.5. The lowest BCUT2D eigenvalue weighted by atomic mass is 10.3. The Balaban J connectivity index is -0.000000178. The molecule has 0 saturated heterocycles. The third-order valence-corrected chi connectivity index (χ3v) is 4.10. The van der Waals surface area contributed by atoms with E-state index in [1.807, 2.05) is 19.1 Å². The maximum Gasteiger partial charge on any atom is 0.226 e. The standard InChI is InChI=1S/C6H11NO.C5H7NO.2C5H9NO.C3H7NO3/c1-8-6-4-2-3-5-7;1-7-5(4-6)2-3-5;1-7-5-3-2-4-6;1-3-5(4-6)7-2;1-7-3-2-4(5)6/h2-4,6H2,1H3;2-3H2,1H3;2-3,5H2,1H3;5H,3H2,1-2H3;2-3H2,1H3. The summed E-state index contributed by atoms with van der Waals surface area (Å²) >= 11 is 0. The number of hydrogen-bond acceptors (Lipinski definition) is 11. The molecule has 0 aromatic heterocycles. The molecule has 0 aliphatic heterocycles. The highest BCUT2D eigenvalue weighted by atomic mass is 16.6. The van der Waals surface area contributed by atoms with E-state index >= 15 is 0 Å². The van der Waals surface area contributed by atoms with Crippen LogP contribution < -0.4 is 0 Å². The van der Waals surface area contributed by atoms with Gasteiger partial charge < -0.3 is 23.7 Å². The molecule has 36 heavy (non-hydrogen) atoms. The van der Waals surface area contributed by atoms with Crippen molar-refractivity contribution in [3.63, 3.8) is 0 Å². The largest absolute Gasteiger partial charge is 0.385 e. The average Bonchev–Trinajstić information content (AvgIpc) is 3.69. The Bertz CT molecular complexity index is 643. The smallest absolute Gasteiger partial charge is 0.226 e. The van der Waals surface area contributed by atoms with Crippen LogP contribution in [0.2, 0.25) is 0 Å². The van der Waals surface area contributed by atoms with Crippen LogP contribution in [-0.2, 0) is 23.7 Å². The molecule has 0 amide bonds. The van der Waals surface area contributed by atoms with Gasteiger partial charge >= 0.3 is 0 Å². The predicted octanol–water partition coefficient (Wildman–Crippen LogP) is 3.80. The highest BCUT2D eigenvalue weighted by Gasteiger charge is 2.43. The normalized spacial score (nSPS) is 12.2. The maximum absolute atomic E-state index is 9.48. The fourth-order valence-corrected chi connectivity index (χ4v) is 1.70. The highest BCUT2D eigenvalue weighted by Crippen LogP contribution is 2.37. The molecule has 12 nitrogen and oxygen atoms in total. The lowest BCUT2D eigenvalue weighted by Gasteiger charge is -1.98. The van der Waals surface area contributed by atoms with Crippen LogP contribution in [0.25, 0.3) is 0 Å². The molecule has 0 N–H and O–H groups in total. The van der Waals surface area contributed by atoms with Gasteiger partial charge in [-0.2, -0.15) is 21.0 Å². The van der Waals surface area contributed by atoms with Crippen molar-refractivity contribution in [1.82, 2.24) is 0 Å². The van der Waals surface area contributed by atoms with Gasteiger partial charge in [0, 0.05) is 66.5 Å². The summed E-state index contributed by atoms with van der Waals surface area (Å²) in [4.78, 5) is 9.07. The lowest BCUT2D eigenvalue weighted by molar-refractivity contribution is -0.483. The van der Waals surface area contributed by atoms with Crippen molar-refractivity contribution in [3.8, 4) is 24.3 Å². The Hall–Kier alpha value is -2.84. The summed E-state index contributed by atoms with van der Waals surface area (Å²) in [5.74, 6) is 0. The number of hydrogen-bond donors (Lipinski definition) is 0. The molecule has 1 fully saturated rings. The minimum absolute atomic E-state index is 0.101. The van der Waals surface area contributed by atoms with E-state index in [1.165, 1.54) is 14.2 Å². The molecule has 1 aliphatic carbocycles. The second-order valence-corrected chi connectivity index (χ2v) is 6.98. The van der Waals surface area contributed by atoms with E-state index in [4.69, 9.17) is 35.3 Å². The van der Waals surface area contributed by atoms with Crippen LogP contribution in [0.1, 0.15) is 58.3 Å². The van der Waals surface area contributed by atoms with Gasteiger partial charge in [0.1, 0.15) is 12.7 Å². The van der Waals surface area contributed by atoms with Crippen molar-refractivity contribution in [2.45, 2.75) is 70.0 Å². The summed E-state index contributed by atoms with van der Waals surface area (Å²) in [5.41, 5.74) is -0.361. The number of rotatable bonds is 13. The second kappa shape index (κ2) is 34.3. The summed E-state index contributed by atoms with van der Waals surface area (Å²) in [7, 11) is 7.86. The first-order valence-corrected chi connectivity index (χ1v) is 11.5. The number of nitrogens with zero attached hydrogens (tertiary/aromatic N) is 5. The molecule has 0 bridgehead atoms. The molecule has 1 rings (SSSR count). The molecule has 0 aromatic carbocycles. The van der Waals surface area contributed by atoms with Crippen molar-refractivity contribution < 1.29 is 28.6 Å². The highest BCUT2D eigenvalue weighted by molar-refractivity contribution is 5.12. The van der Waals surface area contributed by atoms with Gasteiger partial charge in [0.25, 0.3) is 0 Å². The molecular formula is C24H43N5O7. The van der Waals surface area contributed by atoms with Gasteiger partial charge in [0.2, 0.25) is 6.54 Å². The Morgan fingerprint density at radius 2 is 1.36 bits per heavy atom. The van der Waals surface area contributed by atoms with Crippen LogP contribution >= 0.6 is 0 Å². The van der Waals surface area contributed by atoms with E-state index in [9.17, 15) is 10.1 Å². The van der Waals surface area contributed by atoms with Gasteiger partial charge in [-0.1, -0.05) is 6.92 Å². The molecule has 206 valence electrons. The van der Waals surface area contributed by atoms with Gasteiger partial charge in [-0.15, -0.1) is 0 Å². The maximum atomic E-state index is 9.48. The molecule has 1 saturated carbocycles. The zero-order valence-electron chi connectivity index (χ0n) is 22.7. The van der Waals surface area contributed by atoms with Crippen molar-refractivity contribution in [1.29, 1.82) is 21.0 Å². The monoisotopic (exact) mass is 513 g/mol. The van der Waals surface area contributed by atoms with Crippen LogP contribution in [0.3, 0.4) is 0 Å². The summed E-state index contributed by atoms with van der Waals surface area (Å²) in [6.45, 7) is 3.50. The minimum atomic E-state index is -0.413. The van der Waals surface area contributed by atoms with Crippen LogP contribution in [0.4, 0.5) is 0 Å². The molecular weight excluding hydrogens is 470 g/mol. The Labute approximate surface area is 216 Å². The van der Waals surface area contributed by atoms with E-state index in [1.54, 1.807) is 21.3 Å². The Morgan fingerprint density at radius 3 is 1.58 bits per heavy atom. The van der Waals surface area contributed by atoms with Gasteiger partial charge in [-0.05, 0) is 38.5 Å². The van der Waals surface area contributed by atoms with Gasteiger partial charge in [-0.25, -0.2) is 0 Å². The number of ether oxygens (including phenoxy) is 5. The van der Waals surface area contributed by atoms with Crippen molar-refractivity contribution in [3.05, 3.63) is 10.1 Å². The molecule has 0 radical (unpaired) electrons. The van der Waals surface area contributed by atoms with Crippen LogP contribution in [0.5, 0.6) is 0 Å². The molecule has 1 atom stereocenters. The van der Waals surface area contributed by atoms with E-state index < -0.39 is 4.92 Å². The number of unbranched alkanes of at least 4 members (excludes halogenated alkanes) is 3. The Morgan fingerprint density at radius 1 is 0.861 bits per heavy atom. The number of nitriles is 4. The van der Waals surface area contributed by atoms with Crippen molar-refractivity contribution in [2.75, 3.05) is 61.9 Å². The molecule has 1 aliphatic rings. The van der Waals surface area contributed by atoms with Crippen LogP contribution in [0, 0.1) is 55.4 Å². The lowest BCUT2D eigenvalue weighted by Crippen LogP contribution is -2.06. The second-order valence-electron chi connectivity index (χ2n) is 6.98. The van der Waals surface area contributed by atoms with Crippen LogP contribution in [-0.4, -0.2) is 78.5 Å². The summed E-state index contributed by atoms with van der Waals surface area (Å²) in [6.07, 6.45) is 6.48. The minimum Gasteiger partial charge on any atom is -0.385 e. The van der Waals surface area contributed by atoms with Gasteiger partial charge in [0.05, 0.1) is 24.3 Å². The van der Waals surface area contributed by atoms with Crippen molar-refractivity contribution >= 4 is 0 Å². The number of nitro groups is 1. The van der Waals surface area contributed by atoms with Crippen molar-refractivity contribution in [2.24, 2.45) is 0 Å². The van der Waals surface area contributed by atoms with E-state index in [2.05, 4.69) is 21.6 Å². The summed E-state index contributed by atoms with van der Waals surface area (Å²) in [6, 6.07) is 8.15. The predicted molar refractivity (Wildman–Crippen MR) is 133 cm³/mol. The average molecular weight is 514 g/mol. The fraction of sp³-hybridized carbons (Fsp3) is 0.833. The van der Waals surface area contributed by atoms with Gasteiger partial charge in [-0.3, -0.25) is 10.1 Å². The quantitative estimate of drug-likeness (QED) is 0.198. The molecule has 0 aromatic rings. The topological polar surface area (TPSA) is 184 Å². The summed E-state index contributed by atoms with van der Waals surface area (Å²) < 4.78 is 23.4. The van der Waals surface area contributed by atoms with E-state index in [0.29, 0.717) is 19.4 Å². The number of methoxy groups -OCH3 is 5. The molecule has 12 heteroatoms. The van der Waals surface area contributed by atoms with Gasteiger partial charge in [0.15, 0.2) is 5.60 Å². The summed E-state index contributed by atoms with van der Waals surface area (Å²) in [5, 5.41) is 42.0. The fourth-order valence-electron chi connectivity index (χ4n) is 1.70. The first kappa shape index (κ1) is 40.3. The SMILES string of the molecule is CCC(C#N)OC.COC1(C#N)CC1.COCCCC#N.COCCCCC#N.COCC[N+](=O)[O-]. The van der Waals surface area contributed by atoms with E-state index in [-0.39, 0.29) is 24.9 Å².